The first-order valence-electron chi connectivity index (χ1n) is 8.61. The van der Waals surface area contributed by atoms with Crippen LogP contribution >= 0.6 is 0 Å². The molecule has 1 amide bonds. The number of rotatable bonds is 7. The first-order valence-corrected chi connectivity index (χ1v) is 8.61. The van der Waals surface area contributed by atoms with Crippen molar-refractivity contribution in [3.8, 4) is 11.5 Å². The molecule has 28 heavy (non-hydrogen) atoms. The molecule has 0 spiro atoms. The fourth-order valence-electron chi connectivity index (χ4n) is 2.97. The number of carbonyl (C=O) groups is 2. The van der Waals surface area contributed by atoms with Gasteiger partial charge < -0.3 is 19.9 Å². The summed E-state index contributed by atoms with van der Waals surface area (Å²) in [6.07, 6.45) is 0.661. The normalized spacial score (nSPS) is 13.2. The lowest BCUT2D eigenvalue weighted by Gasteiger charge is -2.16. The van der Waals surface area contributed by atoms with E-state index in [1.807, 2.05) is 0 Å². The van der Waals surface area contributed by atoms with Crippen molar-refractivity contribution < 1.29 is 29.1 Å². The van der Waals surface area contributed by atoms with Gasteiger partial charge in [-0.05, 0) is 42.3 Å². The maximum Gasteiger partial charge on any atom is 0.330 e. The topological polar surface area (TPSA) is 128 Å². The third kappa shape index (κ3) is 3.88. The number of carbonyl (C=O) groups excluding carboxylic acids is 1. The van der Waals surface area contributed by atoms with Crippen molar-refractivity contribution in [1.29, 1.82) is 0 Å². The molecule has 1 aliphatic heterocycles. The second-order valence-corrected chi connectivity index (χ2v) is 6.08. The molecule has 2 aromatic rings. The van der Waals surface area contributed by atoms with Gasteiger partial charge in [-0.2, -0.15) is 0 Å². The second kappa shape index (κ2) is 7.95. The highest BCUT2D eigenvalue weighted by Crippen LogP contribution is 2.30. The summed E-state index contributed by atoms with van der Waals surface area (Å²) in [6, 6.07) is 7.36. The van der Waals surface area contributed by atoms with Gasteiger partial charge in [0.15, 0.2) is 11.8 Å². The molecular weight excluding hydrogens is 368 g/mol. The zero-order valence-corrected chi connectivity index (χ0v) is 15.0. The Morgan fingerprint density at radius 3 is 2.79 bits per heavy atom. The minimum atomic E-state index is -1.30. The van der Waals surface area contributed by atoms with Crippen LogP contribution < -0.4 is 14.8 Å². The molecule has 1 atom stereocenters. The van der Waals surface area contributed by atoms with Gasteiger partial charge in [-0.15, -0.1) is 0 Å². The maximum absolute atomic E-state index is 12.5. The highest BCUT2D eigenvalue weighted by Gasteiger charge is 2.26. The van der Waals surface area contributed by atoms with E-state index >= 15 is 0 Å². The monoisotopic (exact) mass is 386 g/mol. The Bertz CT molecular complexity index is 942. The van der Waals surface area contributed by atoms with Crippen molar-refractivity contribution in [3.63, 3.8) is 0 Å². The number of hydrogen-bond donors (Lipinski definition) is 2. The van der Waals surface area contributed by atoms with E-state index in [0.29, 0.717) is 24.3 Å². The van der Waals surface area contributed by atoms with E-state index < -0.39 is 22.8 Å². The van der Waals surface area contributed by atoms with Crippen LogP contribution in [0.5, 0.6) is 11.5 Å². The molecule has 1 aliphatic rings. The Balaban J connectivity index is 1.86. The van der Waals surface area contributed by atoms with E-state index in [1.54, 1.807) is 25.1 Å². The van der Waals surface area contributed by atoms with E-state index in [9.17, 15) is 24.8 Å². The highest BCUT2D eigenvalue weighted by molar-refractivity contribution is 5.97. The van der Waals surface area contributed by atoms with Gasteiger partial charge in [0, 0.05) is 18.1 Å². The summed E-state index contributed by atoms with van der Waals surface area (Å²) in [7, 11) is 0. The largest absolute Gasteiger partial charge is 0.493 e. The molecule has 0 fully saturated rings. The van der Waals surface area contributed by atoms with E-state index in [-0.39, 0.29) is 23.6 Å². The first kappa shape index (κ1) is 19.2. The number of hydrogen-bond acceptors (Lipinski definition) is 6. The van der Waals surface area contributed by atoms with Gasteiger partial charge in [-0.3, -0.25) is 14.9 Å². The SMILES string of the molecule is CCOc1ccc(C(=O)NC(C(=O)O)c2ccc3c(c2)CCO3)cc1[N+](=O)[O-]. The zero-order valence-electron chi connectivity index (χ0n) is 15.0. The van der Waals surface area contributed by atoms with Crippen molar-refractivity contribution in [2.45, 2.75) is 19.4 Å². The molecule has 0 bridgehead atoms. The van der Waals surface area contributed by atoms with Gasteiger partial charge in [0.05, 0.1) is 18.1 Å². The molecule has 9 nitrogen and oxygen atoms in total. The van der Waals surface area contributed by atoms with Gasteiger partial charge >= 0.3 is 11.7 Å². The van der Waals surface area contributed by atoms with E-state index in [1.165, 1.54) is 12.1 Å². The molecule has 0 saturated heterocycles. The number of aliphatic carboxylic acids is 1. The van der Waals surface area contributed by atoms with Gasteiger partial charge in [-0.1, -0.05) is 6.07 Å². The molecule has 0 aliphatic carbocycles. The van der Waals surface area contributed by atoms with Crippen LogP contribution in [0.15, 0.2) is 36.4 Å². The molecule has 1 unspecified atom stereocenters. The van der Waals surface area contributed by atoms with Crippen LogP contribution in [0.25, 0.3) is 0 Å². The number of benzene rings is 2. The number of ether oxygens (including phenoxy) is 2. The predicted octanol–water partition coefficient (Wildman–Crippen LogP) is 2.48. The van der Waals surface area contributed by atoms with Gasteiger partial charge in [0.2, 0.25) is 0 Å². The number of carboxylic acids is 1. The number of nitro benzene ring substituents is 1. The number of nitrogens with zero attached hydrogens (tertiary/aromatic N) is 1. The Hall–Kier alpha value is -3.62. The Morgan fingerprint density at radius 1 is 1.32 bits per heavy atom. The molecule has 0 radical (unpaired) electrons. The summed E-state index contributed by atoms with van der Waals surface area (Å²) in [4.78, 5) is 34.8. The predicted molar refractivity (Wildman–Crippen MR) is 97.7 cm³/mol. The summed E-state index contributed by atoms with van der Waals surface area (Å²) in [5.41, 5.74) is 0.863. The minimum absolute atomic E-state index is 0.0362. The lowest BCUT2D eigenvalue weighted by atomic mass is 10.0. The molecule has 1 heterocycles. The average molecular weight is 386 g/mol. The van der Waals surface area contributed by atoms with Crippen LogP contribution in [-0.2, 0) is 11.2 Å². The Morgan fingerprint density at radius 2 is 2.11 bits per heavy atom. The average Bonchev–Trinajstić information content (AvgIpc) is 3.13. The molecule has 2 N–H and O–H groups in total. The maximum atomic E-state index is 12.5. The van der Waals surface area contributed by atoms with Crippen LogP contribution in [0.3, 0.4) is 0 Å². The van der Waals surface area contributed by atoms with Crippen molar-refractivity contribution in [1.82, 2.24) is 5.32 Å². The van der Waals surface area contributed by atoms with Crippen molar-refractivity contribution >= 4 is 17.6 Å². The van der Waals surface area contributed by atoms with Crippen molar-refractivity contribution in [3.05, 3.63) is 63.2 Å². The van der Waals surface area contributed by atoms with Crippen molar-refractivity contribution in [2.75, 3.05) is 13.2 Å². The fraction of sp³-hybridized carbons (Fsp3) is 0.263. The second-order valence-electron chi connectivity index (χ2n) is 6.08. The van der Waals surface area contributed by atoms with Gasteiger partial charge in [0.1, 0.15) is 5.75 Å². The fourth-order valence-corrected chi connectivity index (χ4v) is 2.97. The molecular formula is C19H18N2O7. The van der Waals surface area contributed by atoms with Crippen LogP contribution in [-0.4, -0.2) is 35.1 Å². The molecule has 9 heteroatoms. The van der Waals surface area contributed by atoms with E-state index in [2.05, 4.69) is 5.32 Å². The van der Waals surface area contributed by atoms with Crippen LogP contribution in [0.1, 0.15) is 34.5 Å². The third-order valence-electron chi connectivity index (χ3n) is 4.29. The zero-order chi connectivity index (χ0) is 20.3. The van der Waals surface area contributed by atoms with E-state index in [0.717, 1.165) is 11.6 Å². The minimum Gasteiger partial charge on any atom is -0.493 e. The summed E-state index contributed by atoms with van der Waals surface area (Å²) >= 11 is 0. The number of carboxylic acid groups (broad SMARTS) is 1. The van der Waals surface area contributed by atoms with E-state index in [4.69, 9.17) is 9.47 Å². The Labute approximate surface area is 160 Å². The van der Waals surface area contributed by atoms with Crippen LogP contribution in [0.2, 0.25) is 0 Å². The first-order chi connectivity index (χ1) is 13.4. The summed E-state index contributed by atoms with van der Waals surface area (Å²) < 4.78 is 10.6. The molecule has 0 aromatic heterocycles. The number of fused-ring (bicyclic) bond motifs is 1. The highest BCUT2D eigenvalue weighted by atomic mass is 16.6. The number of amides is 1. The standard InChI is InChI=1S/C19H18N2O7/c1-2-27-16-6-4-13(10-14(16)21(25)26)18(22)20-17(19(23)24)12-3-5-15-11(9-12)7-8-28-15/h3-6,9-10,17H,2,7-8H2,1H3,(H,20,22)(H,23,24). The Kier molecular flexibility index (Phi) is 5.44. The summed E-state index contributed by atoms with van der Waals surface area (Å²) in [5.74, 6) is -1.25. The number of nitrogens with one attached hydrogen (secondary N) is 1. The lowest BCUT2D eigenvalue weighted by Crippen LogP contribution is -2.33. The molecule has 2 aromatic carbocycles. The third-order valence-corrected chi connectivity index (χ3v) is 4.29. The molecule has 0 saturated carbocycles. The lowest BCUT2D eigenvalue weighted by molar-refractivity contribution is -0.385. The number of nitro groups is 1. The van der Waals surface area contributed by atoms with Gasteiger partial charge in [0.25, 0.3) is 5.91 Å². The van der Waals surface area contributed by atoms with Gasteiger partial charge in [-0.25, -0.2) is 4.79 Å². The molecule has 146 valence electrons. The summed E-state index contributed by atoms with van der Waals surface area (Å²) in [6.45, 7) is 2.44. The quantitative estimate of drug-likeness (QED) is 0.552. The smallest absolute Gasteiger partial charge is 0.330 e. The van der Waals surface area contributed by atoms with Crippen LogP contribution in [0.4, 0.5) is 5.69 Å². The van der Waals surface area contributed by atoms with Crippen molar-refractivity contribution in [2.24, 2.45) is 0 Å². The van der Waals surface area contributed by atoms with Crippen LogP contribution in [0, 0.1) is 10.1 Å². The summed E-state index contributed by atoms with van der Waals surface area (Å²) in [5, 5.41) is 23.2. The molecule has 3 rings (SSSR count).